The van der Waals surface area contributed by atoms with E-state index in [4.69, 9.17) is 5.11 Å². The highest BCUT2D eigenvalue weighted by molar-refractivity contribution is 5.85. The summed E-state index contributed by atoms with van der Waals surface area (Å²) in [7, 11) is 0. The first-order valence-corrected chi connectivity index (χ1v) is 6.64. The summed E-state index contributed by atoms with van der Waals surface area (Å²) >= 11 is 0. The van der Waals surface area contributed by atoms with Gasteiger partial charge in [-0.05, 0) is 35.9 Å². The van der Waals surface area contributed by atoms with Gasteiger partial charge in [-0.3, -0.25) is 0 Å². The van der Waals surface area contributed by atoms with Crippen LogP contribution in [0.2, 0.25) is 0 Å². The predicted octanol–water partition coefficient (Wildman–Crippen LogP) is 2.70. The molecule has 0 radical (unpaired) electrons. The third-order valence-electron chi connectivity index (χ3n) is 2.74. The van der Waals surface area contributed by atoms with E-state index < -0.39 is 5.97 Å². The van der Waals surface area contributed by atoms with Gasteiger partial charge in [-0.15, -0.1) is 0 Å². The lowest BCUT2D eigenvalue weighted by molar-refractivity contribution is -0.131. The molecule has 0 aliphatic rings. The van der Waals surface area contributed by atoms with Crippen LogP contribution in [0.5, 0.6) is 0 Å². The molecule has 0 saturated carbocycles. The SMILES string of the molecule is O=C(O)/C=C/c1ccc(NCCNc2ccccc2)nc1. The quantitative estimate of drug-likeness (QED) is 0.538. The highest BCUT2D eigenvalue weighted by atomic mass is 16.4. The summed E-state index contributed by atoms with van der Waals surface area (Å²) in [5.74, 6) is -0.207. The van der Waals surface area contributed by atoms with Crippen LogP contribution < -0.4 is 10.6 Å². The molecular formula is C16H17N3O2. The molecule has 0 aliphatic heterocycles. The maximum atomic E-state index is 10.4. The molecule has 0 bridgehead atoms. The minimum Gasteiger partial charge on any atom is -0.478 e. The lowest BCUT2D eigenvalue weighted by atomic mass is 10.2. The van der Waals surface area contributed by atoms with Gasteiger partial charge in [0.15, 0.2) is 0 Å². The largest absolute Gasteiger partial charge is 0.478 e. The Bertz CT molecular complexity index is 595. The fourth-order valence-corrected chi connectivity index (χ4v) is 1.73. The molecule has 0 unspecified atom stereocenters. The van der Waals surface area contributed by atoms with Crippen molar-refractivity contribution in [1.82, 2.24) is 4.98 Å². The number of carboxylic acids is 1. The molecule has 0 atom stereocenters. The Kier molecular flexibility index (Phi) is 5.34. The van der Waals surface area contributed by atoms with E-state index in [1.807, 2.05) is 42.5 Å². The van der Waals surface area contributed by atoms with E-state index >= 15 is 0 Å². The van der Waals surface area contributed by atoms with Crippen molar-refractivity contribution in [3.05, 3.63) is 60.3 Å². The van der Waals surface area contributed by atoms with Gasteiger partial charge < -0.3 is 15.7 Å². The molecule has 0 spiro atoms. The molecule has 5 nitrogen and oxygen atoms in total. The third kappa shape index (κ3) is 5.36. The van der Waals surface area contributed by atoms with Crippen LogP contribution in [0.1, 0.15) is 5.56 Å². The van der Waals surface area contributed by atoms with Gasteiger partial charge in [0.2, 0.25) is 0 Å². The molecule has 2 rings (SSSR count). The first kappa shape index (κ1) is 14.6. The standard InChI is InChI=1S/C16H17N3O2/c20-16(21)9-7-13-6-8-15(19-12-13)18-11-10-17-14-4-2-1-3-5-14/h1-9,12,17H,10-11H2,(H,18,19)(H,20,21)/b9-7+. The zero-order valence-corrected chi connectivity index (χ0v) is 11.5. The van der Waals surface area contributed by atoms with Gasteiger partial charge in [0.1, 0.15) is 5.82 Å². The van der Waals surface area contributed by atoms with Gasteiger partial charge in [0, 0.05) is 31.0 Å². The van der Waals surface area contributed by atoms with Crippen molar-refractivity contribution in [2.45, 2.75) is 0 Å². The maximum absolute atomic E-state index is 10.4. The van der Waals surface area contributed by atoms with Crippen LogP contribution in [-0.4, -0.2) is 29.1 Å². The number of aromatic nitrogens is 1. The Balaban J connectivity index is 1.75. The predicted molar refractivity (Wildman–Crippen MR) is 84.3 cm³/mol. The average Bonchev–Trinajstić information content (AvgIpc) is 2.52. The molecule has 0 amide bonds. The number of aliphatic carboxylic acids is 1. The number of nitrogens with zero attached hydrogens (tertiary/aromatic N) is 1. The van der Waals surface area contributed by atoms with Crippen molar-refractivity contribution in [3.63, 3.8) is 0 Å². The number of anilines is 2. The number of carboxylic acid groups (broad SMARTS) is 1. The van der Waals surface area contributed by atoms with Crippen LogP contribution in [0.15, 0.2) is 54.7 Å². The van der Waals surface area contributed by atoms with E-state index in [9.17, 15) is 4.79 Å². The second-order valence-corrected chi connectivity index (χ2v) is 4.37. The number of rotatable bonds is 7. The molecule has 0 fully saturated rings. The second kappa shape index (κ2) is 7.69. The molecule has 1 aromatic carbocycles. The summed E-state index contributed by atoms with van der Waals surface area (Å²) in [6.45, 7) is 1.53. The van der Waals surface area contributed by atoms with Crippen molar-refractivity contribution in [2.75, 3.05) is 23.7 Å². The lowest BCUT2D eigenvalue weighted by Gasteiger charge is -2.08. The Morgan fingerprint density at radius 2 is 1.86 bits per heavy atom. The van der Waals surface area contributed by atoms with Crippen molar-refractivity contribution >= 4 is 23.6 Å². The molecule has 108 valence electrons. The first-order valence-electron chi connectivity index (χ1n) is 6.64. The zero-order valence-electron chi connectivity index (χ0n) is 11.5. The van der Waals surface area contributed by atoms with E-state index in [1.54, 1.807) is 6.20 Å². The maximum Gasteiger partial charge on any atom is 0.328 e. The van der Waals surface area contributed by atoms with Crippen molar-refractivity contribution in [1.29, 1.82) is 0 Å². The lowest BCUT2D eigenvalue weighted by Crippen LogP contribution is -2.14. The summed E-state index contributed by atoms with van der Waals surface area (Å²) < 4.78 is 0. The number of para-hydroxylation sites is 1. The van der Waals surface area contributed by atoms with E-state index in [2.05, 4.69) is 15.6 Å². The van der Waals surface area contributed by atoms with Gasteiger partial charge in [-0.2, -0.15) is 0 Å². The summed E-state index contributed by atoms with van der Waals surface area (Å²) in [6, 6.07) is 13.6. The van der Waals surface area contributed by atoms with Crippen LogP contribution >= 0.6 is 0 Å². The van der Waals surface area contributed by atoms with Gasteiger partial charge in [-0.1, -0.05) is 18.2 Å². The Morgan fingerprint density at radius 3 is 2.52 bits per heavy atom. The minimum atomic E-state index is -0.968. The van der Waals surface area contributed by atoms with Gasteiger partial charge in [0.25, 0.3) is 0 Å². The van der Waals surface area contributed by atoms with Crippen LogP contribution in [0.25, 0.3) is 6.08 Å². The van der Waals surface area contributed by atoms with Gasteiger partial charge in [-0.25, -0.2) is 9.78 Å². The molecule has 21 heavy (non-hydrogen) atoms. The molecule has 3 N–H and O–H groups in total. The number of carbonyl (C=O) groups is 1. The molecule has 1 aromatic heterocycles. The number of hydrogen-bond donors (Lipinski definition) is 3. The van der Waals surface area contributed by atoms with Crippen LogP contribution in [-0.2, 0) is 4.79 Å². The zero-order chi connectivity index (χ0) is 14.9. The Hall–Kier alpha value is -2.82. The van der Waals surface area contributed by atoms with E-state index in [0.717, 1.165) is 36.2 Å². The summed E-state index contributed by atoms with van der Waals surface area (Å²) in [4.78, 5) is 14.6. The topological polar surface area (TPSA) is 74.2 Å². The van der Waals surface area contributed by atoms with Crippen LogP contribution in [0.4, 0.5) is 11.5 Å². The average molecular weight is 283 g/mol. The highest BCUT2D eigenvalue weighted by Crippen LogP contribution is 2.07. The molecule has 5 heteroatoms. The molecule has 0 aliphatic carbocycles. The fourth-order valence-electron chi connectivity index (χ4n) is 1.73. The van der Waals surface area contributed by atoms with E-state index in [1.165, 1.54) is 6.08 Å². The number of nitrogens with one attached hydrogen (secondary N) is 2. The molecule has 1 heterocycles. The number of benzene rings is 1. The Labute approximate surface area is 123 Å². The van der Waals surface area contributed by atoms with Crippen LogP contribution in [0, 0.1) is 0 Å². The first-order chi connectivity index (χ1) is 10.2. The minimum absolute atomic E-state index is 0.742. The molecule has 0 saturated heterocycles. The Morgan fingerprint density at radius 1 is 1.10 bits per heavy atom. The van der Waals surface area contributed by atoms with Gasteiger partial charge >= 0.3 is 5.97 Å². The monoisotopic (exact) mass is 283 g/mol. The smallest absolute Gasteiger partial charge is 0.328 e. The normalized spacial score (nSPS) is 10.5. The summed E-state index contributed by atoms with van der Waals surface area (Å²) in [5.41, 5.74) is 1.84. The third-order valence-corrected chi connectivity index (χ3v) is 2.74. The molecular weight excluding hydrogens is 266 g/mol. The van der Waals surface area contributed by atoms with E-state index in [-0.39, 0.29) is 0 Å². The fraction of sp³-hybridized carbons (Fsp3) is 0.125. The number of pyridine rings is 1. The van der Waals surface area contributed by atoms with Gasteiger partial charge in [0.05, 0.1) is 0 Å². The molecule has 2 aromatic rings. The van der Waals surface area contributed by atoms with Crippen molar-refractivity contribution in [3.8, 4) is 0 Å². The second-order valence-electron chi connectivity index (χ2n) is 4.37. The van der Waals surface area contributed by atoms with Crippen molar-refractivity contribution in [2.24, 2.45) is 0 Å². The highest BCUT2D eigenvalue weighted by Gasteiger charge is 1.95. The van der Waals surface area contributed by atoms with E-state index in [0.29, 0.717) is 0 Å². The summed E-state index contributed by atoms with van der Waals surface area (Å²) in [6.07, 6.45) is 4.23. The van der Waals surface area contributed by atoms with Crippen LogP contribution in [0.3, 0.4) is 0 Å². The summed E-state index contributed by atoms with van der Waals surface area (Å²) in [5, 5.41) is 15.0. The number of hydrogen-bond acceptors (Lipinski definition) is 4. The van der Waals surface area contributed by atoms with Crippen molar-refractivity contribution < 1.29 is 9.90 Å².